The van der Waals surface area contributed by atoms with E-state index < -0.39 is 0 Å². The Labute approximate surface area is 183 Å². The number of aliphatic imine (C=N–C) groups is 1. The first-order valence-corrected chi connectivity index (χ1v) is 9.74. The number of rotatable bonds is 7. The van der Waals surface area contributed by atoms with E-state index in [0.29, 0.717) is 39.9 Å². The zero-order chi connectivity index (χ0) is 22.5. The lowest BCUT2D eigenvalue weighted by molar-refractivity contribution is 0.421. The lowest BCUT2D eigenvalue weighted by Gasteiger charge is -2.07. The van der Waals surface area contributed by atoms with Crippen molar-refractivity contribution in [1.82, 2.24) is 24.9 Å². The van der Waals surface area contributed by atoms with Crippen molar-refractivity contribution < 1.29 is 8.91 Å². The zero-order valence-corrected chi connectivity index (χ0v) is 17.3. The molecule has 0 atom stereocenters. The average molecular weight is 429 g/mol. The van der Waals surface area contributed by atoms with Gasteiger partial charge in [0.2, 0.25) is 0 Å². The Morgan fingerprint density at radius 3 is 2.81 bits per heavy atom. The van der Waals surface area contributed by atoms with E-state index in [-0.39, 0.29) is 12.4 Å². The van der Waals surface area contributed by atoms with Gasteiger partial charge < -0.3 is 10.3 Å². The summed E-state index contributed by atoms with van der Waals surface area (Å²) in [6.07, 6.45) is 8.31. The van der Waals surface area contributed by atoms with Crippen LogP contribution in [0.15, 0.2) is 76.7 Å². The van der Waals surface area contributed by atoms with E-state index in [2.05, 4.69) is 31.9 Å². The van der Waals surface area contributed by atoms with E-state index in [1.165, 1.54) is 12.3 Å². The predicted molar refractivity (Wildman–Crippen MR) is 121 cm³/mol. The molecule has 32 heavy (non-hydrogen) atoms. The number of benzene rings is 1. The topological polar surface area (TPSA) is 108 Å². The maximum atomic E-state index is 14.2. The minimum absolute atomic E-state index is 0.199. The Bertz CT molecular complexity index is 1310. The third kappa shape index (κ3) is 4.22. The highest BCUT2D eigenvalue weighted by Gasteiger charge is 2.18. The number of hydrogen-bond donors (Lipinski definition) is 1. The van der Waals surface area contributed by atoms with Crippen molar-refractivity contribution in [2.24, 2.45) is 4.99 Å². The molecule has 0 saturated heterocycles. The molecule has 0 spiro atoms. The van der Waals surface area contributed by atoms with Gasteiger partial charge in [-0.15, -0.1) is 0 Å². The molecule has 0 aliphatic carbocycles. The molecule has 0 aliphatic heterocycles. The van der Waals surface area contributed by atoms with Crippen molar-refractivity contribution in [2.75, 3.05) is 5.73 Å². The number of nitrogens with two attached hydrogens (primary N) is 1. The van der Waals surface area contributed by atoms with Gasteiger partial charge in [-0.3, -0.25) is 9.67 Å². The molecule has 0 bridgehead atoms. The first kappa shape index (κ1) is 20.9. The van der Waals surface area contributed by atoms with E-state index in [0.717, 1.165) is 5.57 Å². The van der Waals surface area contributed by atoms with Gasteiger partial charge in [-0.2, -0.15) is 5.10 Å². The molecule has 0 saturated carbocycles. The van der Waals surface area contributed by atoms with Crippen molar-refractivity contribution in [3.05, 3.63) is 84.2 Å². The maximum absolute atomic E-state index is 14.2. The Balaban J connectivity index is 1.74. The van der Waals surface area contributed by atoms with Crippen molar-refractivity contribution in [3.63, 3.8) is 0 Å². The fourth-order valence-corrected chi connectivity index (χ4v) is 3.20. The number of hydrogen-bond acceptors (Lipinski definition) is 7. The summed E-state index contributed by atoms with van der Waals surface area (Å²) in [5.41, 5.74) is 9.84. The minimum Gasteiger partial charge on any atom is -0.383 e. The monoisotopic (exact) mass is 429 g/mol. The van der Waals surface area contributed by atoms with Gasteiger partial charge in [0.1, 0.15) is 29.3 Å². The third-order valence-corrected chi connectivity index (χ3v) is 4.79. The molecule has 0 unspecified atom stereocenters. The molecular weight excluding hydrogens is 409 g/mol. The van der Waals surface area contributed by atoms with Gasteiger partial charge in [0.25, 0.3) is 0 Å². The van der Waals surface area contributed by atoms with Gasteiger partial charge in [0, 0.05) is 29.6 Å². The van der Waals surface area contributed by atoms with Crippen molar-refractivity contribution in [1.29, 1.82) is 0 Å². The van der Waals surface area contributed by atoms with Gasteiger partial charge in [-0.05, 0) is 37.4 Å². The van der Waals surface area contributed by atoms with Crippen LogP contribution in [0.2, 0.25) is 0 Å². The normalized spacial score (nSPS) is 11.9. The van der Waals surface area contributed by atoms with Gasteiger partial charge >= 0.3 is 0 Å². The summed E-state index contributed by atoms with van der Waals surface area (Å²) >= 11 is 0. The first-order valence-electron chi connectivity index (χ1n) is 9.74. The molecule has 3 aromatic heterocycles. The summed E-state index contributed by atoms with van der Waals surface area (Å²) in [5.74, 6) is 0.314. The Kier molecular flexibility index (Phi) is 5.98. The molecule has 2 N–H and O–H groups in total. The second-order valence-electron chi connectivity index (χ2n) is 6.78. The standard InChI is InChI=1S/C23H20FN7O/c1-3-15(8-10-26-2)17-13-27-23(28-22(17)25)20-12-21(19-9-11-32-30-19)31(29-20)14-16-6-4-5-7-18(16)24/h3-13H,2,14H2,1H3,(H2,25,27,28)/b10-8-,15-3+. The molecule has 1 aromatic carbocycles. The van der Waals surface area contributed by atoms with Crippen LogP contribution in [-0.4, -0.2) is 31.6 Å². The van der Waals surface area contributed by atoms with Crippen LogP contribution in [0.4, 0.5) is 10.2 Å². The molecule has 4 aromatic rings. The molecule has 160 valence electrons. The quantitative estimate of drug-likeness (QED) is 0.345. The largest absolute Gasteiger partial charge is 0.383 e. The van der Waals surface area contributed by atoms with Gasteiger partial charge in [-0.25, -0.2) is 14.4 Å². The van der Waals surface area contributed by atoms with E-state index >= 15 is 0 Å². The van der Waals surface area contributed by atoms with E-state index in [1.54, 1.807) is 53.5 Å². The summed E-state index contributed by atoms with van der Waals surface area (Å²) in [6.45, 7) is 5.51. The number of nitrogen functional groups attached to an aromatic ring is 1. The van der Waals surface area contributed by atoms with E-state index in [9.17, 15) is 4.39 Å². The Morgan fingerprint density at radius 1 is 1.28 bits per heavy atom. The number of aromatic nitrogens is 5. The van der Waals surface area contributed by atoms with E-state index in [1.807, 2.05) is 13.0 Å². The summed E-state index contributed by atoms with van der Waals surface area (Å²) < 4.78 is 20.8. The Hall–Kier alpha value is -4.40. The summed E-state index contributed by atoms with van der Waals surface area (Å²) in [4.78, 5) is 12.6. The zero-order valence-electron chi connectivity index (χ0n) is 17.3. The average Bonchev–Trinajstić information content (AvgIpc) is 3.47. The van der Waals surface area contributed by atoms with Gasteiger partial charge in [-0.1, -0.05) is 29.4 Å². The molecule has 0 fully saturated rings. The van der Waals surface area contributed by atoms with E-state index in [4.69, 9.17) is 10.3 Å². The maximum Gasteiger partial charge on any atom is 0.182 e. The van der Waals surface area contributed by atoms with Crippen molar-refractivity contribution >= 4 is 18.1 Å². The third-order valence-electron chi connectivity index (χ3n) is 4.79. The molecule has 4 rings (SSSR count). The molecule has 9 heteroatoms. The molecule has 3 heterocycles. The van der Waals surface area contributed by atoms with Crippen LogP contribution in [0.5, 0.6) is 0 Å². The van der Waals surface area contributed by atoms with Crippen LogP contribution in [-0.2, 0) is 6.54 Å². The van der Waals surface area contributed by atoms with Gasteiger partial charge in [0.15, 0.2) is 5.82 Å². The van der Waals surface area contributed by atoms with Crippen LogP contribution in [0.3, 0.4) is 0 Å². The molecule has 0 aliphatic rings. The lowest BCUT2D eigenvalue weighted by Crippen LogP contribution is -2.06. The van der Waals surface area contributed by atoms with Crippen LogP contribution in [0.1, 0.15) is 18.1 Å². The molecular formula is C23H20FN7O. The van der Waals surface area contributed by atoms with Crippen molar-refractivity contribution in [2.45, 2.75) is 13.5 Å². The lowest BCUT2D eigenvalue weighted by atomic mass is 10.1. The highest BCUT2D eigenvalue weighted by molar-refractivity contribution is 5.79. The summed E-state index contributed by atoms with van der Waals surface area (Å²) in [5, 5.41) is 8.58. The number of nitrogens with zero attached hydrogens (tertiary/aromatic N) is 6. The minimum atomic E-state index is -0.318. The van der Waals surface area contributed by atoms with Crippen LogP contribution < -0.4 is 5.73 Å². The summed E-state index contributed by atoms with van der Waals surface area (Å²) in [7, 11) is 0. The second kappa shape index (κ2) is 9.17. The predicted octanol–water partition coefficient (Wildman–Crippen LogP) is 4.38. The van der Waals surface area contributed by atoms with Gasteiger partial charge in [0.05, 0.1) is 12.2 Å². The Morgan fingerprint density at radius 2 is 2.12 bits per heavy atom. The van der Waals surface area contributed by atoms with Crippen LogP contribution >= 0.6 is 0 Å². The van der Waals surface area contributed by atoms with Crippen LogP contribution in [0.25, 0.3) is 28.5 Å². The number of halogens is 1. The highest BCUT2D eigenvalue weighted by atomic mass is 19.1. The molecule has 0 radical (unpaired) electrons. The SMILES string of the molecule is C=N/C=C\C(=C/C)c1cnc(-c2cc(-c3ccon3)n(Cc3ccccc3F)n2)nc1N. The van der Waals surface area contributed by atoms with Crippen LogP contribution in [0, 0.1) is 5.82 Å². The summed E-state index contributed by atoms with van der Waals surface area (Å²) in [6, 6.07) is 10.0. The number of anilines is 1. The van der Waals surface area contributed by atoms with Crippen molar-refractivity contribution in [3.8, 4) is 22.9 Å². The first-order chi connectivity index (χ1) is 15.6. The fraction of sp³-hybridized carbons (Fsp3) is 0.0870. The highest BCUT2D eigenvalue weighted by Crippen LogP contribution is 2.27. The molecule has 0 amide bonds. The second-order valence-corrected chi connectivity index (χ2v) is 6.78. The number of allylic oxidation sites excluding steroid dienone is 3. The fourth-order valence-electron chi connectivity index (χ4n) is 3.20. The molecule has 8 nitrogen and oxygen atoms in total. The smallest absolute Gasteiger partial charge is 0.182 e.